The standard InChI is InChI=1S/C15H22BrNO3/c1-9(12(18)20-2)17-13(19)14-4-10-3-11(5-14)7-15(16,6-10)8-14/h9-11H,3-8H2,1-2H3,(H,17,19)/t9-,10-,11+,14?,15?/m1/s1. The van der Waals surface area contributed by atoms with Crippen molar-refractivity contribution in [3.8, 4) is 0 Å². The first-order valence-corrected chi connectivity index (χ1v) is 8.23. The van der Waals surface area contributed by atoms with Crippen molar-refractivity contribution in [2.75, 3.05) is 7.11 Å². The van der Waals surface area contributed by atoms with Gasteiger partial charge in [-0.25, -0.2) is 4.79 Å². The van der Waals surface area contributed by atoms with Gasteiger partial charge in [0.15, 0.2) is 0 Å². The number of methoxy groups -OCH3 is 1. The van der Waals surface area contributed by atoms with Crippen LogP contribution in [-0.2, 0) is 14.3 Å². The highest BCUT2D eigenvalue weighted by Gasteiger charge is 2.59. The lowest BCUT2D eigenvalue weighted by atomic mass is 9.49. The summed E-state index contributed by atoms with van der Waals surface area (Å²) in [6.45, 7) is 1.69. The van der Waals surface area contributed by atoms with Crippen molar-refractivity contribution >= 4 is 27.8 Å². The number of ether oxygens (including phenoxy) is 1. The van der Waals surface area contributed by atoms with Gasteiger partial charge in [0.05, 0.1) is 12.5 Å². The SMILES string of the molecule is COC(=O)[C@@H](C)NC(=O)C12C[C@@H]3C[C@@H](CC(Br)(C3)C1)C2. The first kappa shape index (κ1) is 14.4. The molecule has 112 valence electrons. The highest BCUT2D eigenvalue weighted by Crippen LogP contribution is 2.64. The lowest BCUT2D eigenvalue weighted by Gasteiger charge is -2.59. The maximum Gasteiger partial charge on any atom is 0.328 e. The predicted molar refractivity (Wildman–Crippen MR) is 78.4 cm³/mol. The van der Waals surface area contributed by atoms with Gasteiger partial charge in [-0.2, -0.15) is 0 Å². The second-order valence-electron chi connectivity index (χ2n) is 7.11. The molecule has 1 N–H and O–H groups in total. The number of hydrogen-bond donors (Lipinski definition) is 1. The third-order valence-corrected chi connectivity index (χ3v) is 6.30. The van der Waals surface area contributed by atoms with Gasteiger partial charge in [0.1, 0.15) is 6.04 Å². The summed E-state index contributed by atoms with van der Waals surface area (Å²) in [5.74, 6) is 0.995. The molecule has 0 radical (unpaired) electrons. The lowest BCUT2D eigenvalue weighted by Crippen LogP contribution is -2.59. The fourth-order valence-corrected chi connectivity index (χ4v) is 6.45. The minimum absolute atomic E-state index is 0.0494. The summed E-state index contributed by atoms with van der Waals surface area (Å²) in [6.07, 6.45) is 6.55. The fraction of sp³-hybridized carbons (Fsp3) is 0.867. The van der Waals surface area contributed by atoms with Crippen molar-refractivity contribution in [1.29, 1.82) is 0 Å². The van der Waals surface area contributed by atoms with Gasteiger partial charge in [-0.15, -0.1) is 0 Å². The number of carbonyl (C=O) groups is 2. The molecule has 1 amide bonds. The molecular weight excluding hydrogens is 322 g/mol. The second kappa shape index (κ2) is 4.72. The summed E-state index contributed by atoms with van der Waals surface area (Å²) in [5, 5.41) is 2.87. The quantitative estimate of drug-likeness (QED) is 0.632. The number of hydrogen-bond acceptors (Lipinski definition) is 3. The van der Waals surface area contributed by atoms with E-state index in [1.54, 1.807) is 6.92 Å². The van der Waals surface area contributed by atoms with E-state index in [2.05, 4.69) is 26.0 Å². The molecule has 4 rings (SSSR count). The topological polar surface area (TPSA) is 55.4 Å². The Bertz CT molecular complexity index is 436. The van der Waals surface area contributed by atoms with E-state index < -0.39 is 6.04 Å². The number of nitrogens with one attached hydrogen (secondary N) is 1. The van der Waals surface area contributed by atoms with E-state index in [1.807, 2.05) is 0 Å². The van der Waals surface area contributed by atoms with Crippen LogP contribution in [0, 0.1) is 17.3 Å². The van der Waals surface area contributed by atoms with Crippen LogP contribution in [0.1, 0.15) is 45.4 Å². The van der Waals surface area contributed by atoms with E-state index in [-0.39, 0.29) is 21.6 Å². The van der Waals surface area contributed by atoms with Crippen LogP contribution in [0.3, 0.4) is 0 Å². The molecule has 0 aromatic heterocycles. The number of amides is 1. The Morgan fingerprint density at radius 2 is 1.85 bits per heavy atom. The zero-order valence-electron chi connectivity index (χ0n) is 12.1. The molecule has 4 nitrogen and oxygen atoms in total. The van der Waals surface area contributed by atoms with Crippen molar-refractivity contribution in [3.05, 3.63) is 0 Å². The Hall–Kier alpha value is -0.580. The van der Waals surface area contributed by atoms with Gasteiger partial charge in [-0.1, -0.05) is 15.9 Å². The summed E-state index contributed by atoms with van der Waals surface area (Å²) >= 11 is 3.90. The van der Waals surface area contributed by atoms with Crippen LogP contribution in [0.25, 0.3) is 0 Å². The monoisotopic (exact) mass is 343 g/mol. The lowest BCUT2D eigenvalue weighted by molar-refractivity contribution is -0.151. The maximum absolute atomic E-state index is 12.7. The summed E-state index contributed by atoms with van der Waals surface area (Å²) in [6, 6.07) is -0.563. The van der Waals surface area contributed by atoms with Crippen LogP contribution in [0.15, 0.2) is 0 Å². The highest BCUT2D eigenvalue weighted by atomic mass is 79.9. The smallest absolute Gasteiger partial charge is 0.328 e. The molecule has 5 heteroatoms. The number of esters is 1. The molecule has 4 aliphatic rings. The minimum atomic E-state index is -0.563. The average molecular weight is 344 g/mol. The molecule has 5 atom stereocenters. The van der Waals surface area contributed by atoms with E-state index in [9.17, 15) is 9.59 Å². The van der Waals surface area contributed by atoms with Gasteiger partial charge in [-0.3, -0.25) is 4.79 Å². The van der Waals surface area contributed by atoms with Gasteiger partial charge in [0.25, 0.3) is 0 Å². The maximum atomic E-state index is 12.7. The van der Waals surface area contributed by atoms with Crippen LogP contribution >= 0.6 is 15.9 Å². The van der Waals surface area contributed by atoms with E-state index in [4.69, 9.17) is 0 Å². The average Bonchev–Trinajstić information content (AvgIpc) is 2.34. The summed E-state index contributed by atoms with van der Waals surface area (Å²) in [7, 11) is 1.35. The molecule has 0 saturated heterocycles. The number of carbonyl (C=O) groups excluding carboxylic acids is 2. The third-order valence-electron chi connectivity index (χ3n) is 5.37. The molecule has 0 spiro atoms. The van der Waals surface area contributed by atoms with E-state index in [0.29, 0.717) is 11.8 Å². The molecule has 20 heavy (non-hydrogen) atoms. The normalized spacial score (nSPS) is 43.1. The van der Waals surface area contributed by atoms with Crippen LogP contribution in [0.5, 0.6) is 0 Å². The van der Waals surface area contributed by atoms with E-state index in [0.717, 1.165) is 19.3 Å². The summed E-state index contributed by atoms with van der Waals surface area (Å²) in [5.41, 5.74) is -0.268. The second-order valence-corrected chi connectivity index (χ2v) is 8.79. The Morgan fingerprint density at radius 3 is 2.35 bits per heavy atom. The molecule has 4 bridgehead atoms. The molecule has 4 saturated carbocycles. The Balaban J connectivity index is 1.76. The van der Waals surface area contributed by atoms with Gasteiger partial charge in [-0.05, 0) is 57.3 Å². The zero-order chi connectivity index (χ0) is 14.5. The molecular formula is C15H22BrNO3. The Morgan fingerprint density at radius 1 is 1.25 bits per heavy atom. The molecule has 4 aliphatic carbocycles. The predicted octanol–water partition coefficient (Wildman–Crippen LogP) is 2.40. The molecule has 0 heterocycles. The van der Waals surface area contributed by atoms with Crippen LogP contribution in [0.4, 0.5) is 0 Å². The van der Waals surface area contributed by atoms with Crippen molar-refractivity contribution < 1.29 is 14.3 Å². The number of alkyl halides is 1. The van der Waals surface area contributed by atoms with E-state index in [1.165, 1.54) is 26.4 Å². The first-order valence-electron chi connectivity index (χ1n) is 7.44. The minimum Gasteiger partial charge on any atom is -0.467 e. The summed E-state index contributed by atoms with van der Waals surface area (Å²) < 4.78 is 4.84. The molecule has 2 unspecified atom stereocenters. The van der Waals surface area contributed by atoms with Gasteiger partial charge in [0, 0.05) is 4.32 Å². The van der Waals surface area contributed by atoms with E-state index >= 15 is 0 Å². The molecule has 0 aromatic rings. The molecule has 0 aromatic carbocycles. The Labute approximate surface area is 128 Å². The number of rotatable bonds is 3. The van der Waals surface area contributed by atoms with Crippen molar-refractivity contribution in [2.45, 2.75) is 55.8 Å². The van der Waals surface area contributed by atoms with Crippen LogP contribution in [-0.4, -0.2) is 29.4 Å². The largest absolute Gasteiger partial charge is 0.467 e. The Kier molecular flexibility index (Phi) is 3.39. The summed E-state index contributed by atoms with van der Waals surface area (Å²) in [4.78, 5) is 24.2. The fourth-order valence-electron chi connectivity index (χ4n) is 5.00. The van der Waals surface area contributed by atoms with Crippen molar-refractivity contribution in [1.82, 2.24) is 5.32 Å². The highest BCUT2D eigenvalue weighted by molar-refractivity contribution is 9.10. The first-order chi connectivity index (χ1) is 9.36. The van der Waals surface area contributed by atoms with Crippen LogP contribution < -0.4 is 5.32 Å². The van der Waals surface area contributed by atoms with Crippen molar-refractivity contribution in [2.24, 2.45) is 17.3 Å². The number of halogens is 1. The van der Waals surface area contributed by atoms with Gasteiger partial charge >= 0.3 is 5.97 Å². The zero-order valence-corrected chi connectivity index (χ0v) is 13.7. The van der Waals surface area contributed by atoms with Crippen LogP contribution in [0.2, 0.25) is 0 Å². The third kappa shape index (κ3) is 2.28. The van der Waals surface area contributed by atoms with Gasteiger partial charge < -0.3 is 10.1 Å². The molecule has 0 aliphatic heterocycles. The van der Waals surface area contributed by atoms with Gasteiger partial charge in [0.2, 0.25) is 5.91 Å². The molecule has 4 fully saturated rings. The van der Waals surface area contributed by atoms with Crippen molar-refractivity contribution in [3.63, 3.8) is 0 Å².